The zero-order chi connectivity index (χ0) is 22.7. The maximum atomic E-state index is 13.4. The van der Waals surface area contributed by atoms with Gasteiger partial charge < -0.3 is 14.5 Å². The number of anilines is 1. The standard InChI is InChI=1S/C22H23N5O4S/c1-4-27-20-19(14(2)25-27)24-22(26(21(20)29)12-15-8-7-11-31-15)32-13-18(28)23-16-9-5-6-10-17(16)30-3/h5-11H,4,12-13H2,1-3H3,(H,23,28). The molecule has 9 nitrogen and oxygen atoms in total. The van der Waals surface area contributed by atoms with E-state index in [4.69, 9.17) is 14.1 Å². The fourth-order valence-electron chi connectivity index (χ4n) is 3.39. The molecule has 0 aliphatic heterocycles. The zero-order valence-corrected chi connectivity index (χ0v) is 18.8. The fourth-order valence-corrected chi connectivity index (χ4v) is 4.18. The Morgan fingerprint density at radius 3 is 2.78 bits per heavy atom. The zero-order valence-electron chi connectivity index (χ0n) is 18.0. The number of aromatic nitrogens is 4. The predicted octanol–water partition coefficient (Wildman–Crippen LogP) is 3.30. The topological polar surface area (TPSA) is 104 Å². The van der Waals surface area contributed by atoms with E-state index in [1.54, 1.807) is 42.3 Å². The number of furan rings is 1. The number of nitrogens with one attached hydrogen (secondary N) is 1. The van der Waals surface area contributed by atoms with Gasteiger partial charge in [-0.25, -0.2) is 4.98 Å². The number of ether oxygens (including phenoxy) is 1. The molecule has 0 spiro atoms. The van der Waals surface area contributed by atoms with Crippen molar-refractivity contribution in [3.8, 4) is 5.75 Å². The van der Waals surface area contributed by atoms with Crippen molar-refractivity contribution < 1.29 is 13.9 Å². The van der Waals surface area contributed by atoms with Crippen LogP contribution in [0.25, 0.3) is 11.0 Å². The second-order valence-electron chi connectivity index (χ2n) is 7.00. The maximum Gasteiger partial charge on any atom is 0.280 e. The minimum Gasteiger partial charge on any atom is -0.495 e. The van der Waals surface area contributed by atoms with Gasteiger partial charge in [0.05, 0.1) is 37.1 Å². The van der Waals surface area contributed by atoms with Gasteiger partial charge in [-0.3, -0.25) is 18.8 Å². The van der Waals surface area contributed by atoms with Crippen LogP contribution in [0.15, 0.2) is 57.0 Å². The van der Waals surface area contributed by atoms with E-state index in [1.165, 1.54) is 16.3 Å². The molecule has 10 heteroatoms. The Balaban J connectivity index is 1.65. The van der Waals surface area contributed by atoms with Crippen molar-refractivity contribution in [2.45, 2.75) is 32.1 Å². The molecule has 0 aliphatic carbocycles. The van der Waals surface area contributed by atoms with Crippen LogP contribution in [0.2, 0.25) is 0 Å². The largest absolute Gasteiger partial charge is 0.495 e. The molecule has 1 N–H and O–H groups in total. The lowest BCUT2D eigenvalue weighted by atomic mass is 10.3. The average Bonchev–Trinajstić information content (AvgIpc) is 3.42. The fraction of sp³-hybridized carbons (Fsp3) is 0.273. The van der Waals surface area contributed by atoms with Crippen LogP contribution in [-0.4, -0.2) is 38.1 Å². The third-order valence-corrected chi connectivity index (χ3v) is 5.87. The van der Waals surface area contributed by atoms with Crippen molar-refractivity contribution in [3.05, 3.63) is 64.5 Å². The first-order valence-corrected chi connectivity index (χ1v) is 11.1. The van der Waals surface area contributed by atoms with E-state index < -0.39 is 0 Å². The first kappa shape index (κ1) is 21.7. The Morgan fingerprint density at radius 1 is 1.25 bits per heavy atom. The Labute approximate surface area is 188 Å². The van der Waals surface area contributed by atoms with Crippen LogP contribution < -0.4 is 15.6 Å². The molecule has 0 aliphatic rings. The molecule has 4 aromatic rings. The summed E-state index contributed by atoms with van der Waals surface area (Å²) in [6.07, 6.45) is 1.56. The summed E-state index contributed by atoms with van der Waals surface area (Å²) in [5, 5.41) is 7.70. The minimum absolute atomic E-state index is 0.0646. The third-order valence-electron chi connectivity index (χ3n) is 4.89. The first-order valence-electron chi connectivity index (χ1n) is 10.1. The van der Waals surface area contributed by atoms with Gasteiger partial charge in [0.2, 0.25) is 5.91 Å². The number of methoxy groups -OCH3 is 1. The van der Waals surface area contributed by atoms with E-state index in [1.807, 2.05) is 26.0 Å². The van der Waals surface area contributed by atoms with E-state index in [-0.39, 0.29) is 23.8 Å². The van der Waals surface area contributed by atoms with Crippen molar-refractivity contribution in [1.82, 2.24) is 19.3 Å². The molecule has 1 aromatic carbocycles. The number of nitrogens with zero attached hydrogens (tertiary/aromatic N) is 4. The summed E-state index contributed by atoms with van der Waals surface area (Å²) in [5.74, 6) is 1.02. The third kappa shape index (κ3) is 4.26. The van der Waals surface area contributed by atoms with Gasteiger partial charge in [-0.1, -0.05) is 23.9 Å². The molecule has 3 aromatic heterocycles. The van der Waals surface area contributed by atoms with Gasteiger partial charge >= 0.3 is 0 Å². The molecule has 166 valence electrons. The number of aryl methyl sites for hydroxylation is 2. The summed E-state index contributed by atoms with van der Waals surface area (Å²) in [6.45, 7) is 4.50. The molecule has 0 radical (unpaired) electrons. The molecule has 1 amide bonds. The van der Waals surface area contributed by atoms with E-state index in [2.05, 4.69) is 10.4 Å². The number of thioether (sulfide) groups is 1. The van der Waals surface area contributed by atoms with Crippen LogP contribution >= 0.6 is 11.8 Å². The van der Waals surface area contributed by atoms with Gasteiger partial charge in [0, 0.05) is 6.54 Å². The number of benzene rings is 1. The van der Waals surface area contributed by atoms with Crippen LogP contribution in [0.1, 0.15) is 18.4 Å². The molecular weight excluding hydrogens is 430 g/mol. The summed E-state index contributed by atoms with van der Waals surface area (Å²) >= 11 is 1.18. The molecule has 0 fully saturated rings. The molecule has 0 unspecified atom stereocenters. The molecule has 0 saturated carbocycles. The molecule has 0 atom stereocenters. The SMILES string of the molecule is CCn1nc(C)c2nc(SCC(=O)Nc3ccccc3OC)n(Cc3ccco3)c(=O)c21. The number of hydrogen-bond acceptors (Lipinski definition) is 7. The number of rotatable bonds is 8. The second-order valence-corrected chi connectivity index (χ2v) is 7.94. The number of hydrogen-bond donors (Lipinski definition) is 1. The van der Waals surface area contributed by atoms with Gasteiger partial charge in [0.25, 0.3) is 5.56 Å². The highest BCUT2D eigenvalue weighted by molar-refractivity contribution is 7.99. The lowest BCUT2D eigenvalue weighted by molar-refractivity contribution is -0.113. The number of fused-ring (bicyclic) bond motifs is 1. The highest BCUT2D eigenvalue weighted by Crippen LogP contribution is 2.25. The Kier molecular flexibility index (Phi) is 6.31. The molecule has 3 heterocycles. The quantitative estimate of drug-likeness (QED) is 0.322. The highest BCUT2D eigenvalue weighted by Gasteiger charge is 2.20. The van der Waals surface area contributed by atoms with Crippen LogP contribution in [0.4, 0.5) is 5.69 Å². The Bertz CT molecular complexity index is 1310. The van der Waals surface area contributed by atoms with Gasteiger partial charge in [-0.15, -0.1) is 0 Å². The summed E-state index contributed by atoms with van der Waals surface area (Å²) < 4.78 is 13.9. The molecule has 0 saturated heterocycles. The highest BCUT2D eigenvalue weighted by atomic mass is 32.2. The molecule has 4 rings (SSSR count). The van der Waals surface area contributed by atoms with Gasteiger partial charge in [0.1, 0.15) is 17.0 Å². The van der Waals surface area contributed by atoms with E-state index in [9.17, 15) is 9.59 Å². The predicted molar refractivity (Wildman–Crippen MR) is 122 cm³/mol. The van der Waals surface area contributed by atoms with Crippen molar-refractivity contribution >= 4 is 34.4 Å². The van der Waals surface area contributed by atoms with E-state index in [0.717, 1.165) is 0 Å². The number of para-hydroxylation sites is 2. The van der Waals surface area contributed by atoms with Crippen LogP contribution in [0, 0.1) is 6.92 Å². The Hall–Kier alpha value is -3.53. The number of amides is 1. The van der Waals surface area contributed by atoms with Crippen LogP contribution in [0.3, 0.4) is 0 Å². The number of carbonyl (C=O) groups is 1. The van der Waals surface area contributed by atoms with E-state index in [0.29, 0.717) is 45.6 Å². The van der Waals surface area contributed by atoms with Gasteiger partial charge in [-0.2, -0.15) is 5.10 Å². The monoisotopic (exact) mass is 453 g/mol. The summed E-state index contributed by atoms with van der Waals surface area (Å²) in [6, 6.07) is 10.7. The Morgan fingerprint density at radius 2 is 2.06 bits per heavy atom. The maximum absolute atomic E-state index is 13.4. The van der Waals surface area contributed by atoms with Crippen molar-refractivity contribution in [2.75, 3.05) is 18.2 Å². The van der Waals surface area contributed by atoms with Gasteiger partial charge in [-0.05, 0) is 38.1 Å². The molecule has 32 heavy (non-hydrogen) atoms. The summed E-state index contributed by atoms with van der Waals surface area (Å²) in [4.78, 5) is 30.7. The second kappa shape index (κ2) is 9.31. The summed E-state index contributed by atoms with van der Waals surface area (Å²) in [7, 11) is 1.55. The lowest BCUT2D eigenvalue weighted by Crippen LogP contribution is -2.26. The summed E-state index contributed by atoms with van der Waals surface area (Å²) in [5.41, 5.74) is 2.02. The smallest absolute Gasteiger partial charge is 0.280 e. The number of carbonyl (C=O) groups excluding carboxylic acids is 1. The average molecular weight is 454 g/mol. The first-order chi connectivity index (χ1) is 15.5. The van der Waals surface area contributed by atoms with E-state index >= 15 is 0 Å². The lowest BCUT2D eigenvalue weighted by Gasteiger charge is -2.12. The van der Waals surface area contributed by atoms with Gasteiger partial charge in [0.15, 0.2) is 10.7 Å². The minimum atomic E-state index is -0.237. The van der Waals surface area contributed by atoms with Crippen LogP contribution in [0.5, 0.6) is 5.75 Å². The van der Waals surface area contributed by atoms with Crippen molar-refractivity contribution in [2.24, 2.45) is 0 Å². The molecular formula is C22H23N5O4S. The van der Waals surface area contributed by atoms with Crippen LogP contribution in [-0.2, 0) is 17.9 Å². The molecule has 0 bridgehead atoms. The normalized spacial score (nSPS) is 11.1. The van der Waals surface area contributed by atoms with Crippen molar-refractivity contribution in [1.29, 1.82) is 0 Å². The van der Waals surface area contributed by atoms with Crippen molar-refractivity contribution in [3.63, 3.8) is 0 Å².